The van der Waals surface area contributed by atoms with Crippen LogP contribution in [0.25, 0.3) is 0 Å². The molecule has 72 valence electrons. The van der Waals surface area contributed by atoms with Crippen LogP contribution in [0.15, 0.2) is 11.3 Å². The zero-order valence-corrected chi connectivity index (χ0v) is 8.30. The molecule has 0 fully saturated rings. The van der Waals surface area contributed by atoms with Crippen molar-refractivity contribution in [2.24, 2.45) is 11.8 Å². The highest BCUT2D eigenvalue weighted by Gasteiger charge is 2.37. The molecule has 2 aliphatic rings. The topological polar surface area (TPSA) is 26.3 Å². The molecule has 1 aliphatic carbocycles. The molecule has 2 nitrogen and oxygen atoms in total. The molecule has 13 heavy (non-hydrogen) atoms. The van der Waals surface area contributed by atoms with Crippen LogP contribution in [0.1, 0.15) is 33.1 Å². The summed E-state index contributed by atoms with van der Waals surface area (Å²) < 4.78 is 5.42. The van der Waals surface area contributed by atoms with Crippen LogP contribution in [0, 0.1) is 11.8 Å². The third-order valence-electron chi connectivity index (χ3n) is 3.02. The van der Waals surface area contributed by atoms with Crippen LogP contribution in [0.3, 0.4) is 0 Å². The second kappa shape index (κ2) is 3.17. The quantitative estimate of drug-likeness (QED) is 0.619. The number of hydrogen-bond acceptors (Lipinski definition) is 2. The van der Waals surface area contributed by atoms with Gasteiger partial charge in [-0.25, -0.2) is 0 Å². The molecule has 1 heterocycles. The normalized spacial score (nSPS) is 27.9. The fraction of sp³-hybridized carbons (Fsp3) is 0.727. The van der Waals surface area contributed by atoms with E-state index in [0.717, 1.165) is 25.9 Å². The van der Waals surface area contributed by atoms with E-state index in [9.17, 15) is 4.79 Å². The highest BCUT2D eigenvalue weighted by Crippen LogP contribution is 2.37. The Morgan fingerprint density at radius 2 is 2.23 bits per heavy atom. The molecular formula is C11H16O2. The van der Waals surface area contributed by atoms with Gasteiger partial charge in [0.1, 0.15) is 0 Å². The standard InChI is InChI=1S/C11H16O2/c1-7(2)9-6-8-4-3-5-13-11(8)10(9)12/h7,9H,3-6H2,1-2H3/t9-/m0/s1. The smallest absolute Gasteiger partial charge is 0.200 e. The second-order valence-electron chi connectivity index (χ2n) is 4.30. The van der Waals surface area contributed by atoms with Gasteiger partial charge in [0.2, 0.25) is 5.78 Å². The lowest BCUT2D eigenvalue weighted by Crippen LogP contribution is -2.17. The van der Waals surface area contributed by atoms with Gasteiger partial charge in [-0.1, -0.05) is 13.8 Å². The lowest BCUT2D eigenvalue weighted by Gasteiger charge is -2.13. The molecule has 0 bridgehead atoms. The Morgan fingerprint density at radius 3 is 2.85 bits per heavy atom. The predicted octanol–water partition coefficient (Wildman–Crippen LogP) is 2.30. The number of rotatable bonds is 1. The summed E-state index contributed by atoms with van der Waals surface area (Å²) in [4.78, 5) is 11.8. The number of allylic oxidation sites excluding steroid dienone is 2. The predicted molar refractivity (Wildman–Crippen MR) is 50.2 cm³/mol. The molecule has 0 saturated carbocycles. The number of carbonyl (C=O) groups excluding carboxylic acids is 1. The first-order valence-corrected chi connectivity index (χ1v) is 5.09. The monoisotopic (exact) mass is 180 g/mol. The highest BCUT2D eigenvalue weighted by atomic mass is 16.5. The fourth-order valence-corrected chi connectivity index (χ4v) is 2.18. The summed E-state index contributed by atoms with van der Waals surface area (Å²) in [5.74, 6) is 1.61. The molecule has 2 heteroatoms. The number of ketones is 1. The molecule has 0 aromatic carbocycles. The Kier molecular flexibility index (Phi) is 2.14. The van der Waals surface area contributed by atoms with Gasteiger partial charge >= 0.3 is 0 Å². The maximum Gasteiger partial charge on any atom is 0.200 e. The average molecular weight is 180 g/mol. The maximum absolute atomic E-state index is 11.8. The lowest BCUT2D eigenvalue weighted by atomic mass is 9.91. The number of Topliss-reactive ketones (excluding diaryl/α,β-unsaturated/α-hetero) is 1. The van der Waals surface area contributed by atoms with E-state index in [2.05, 4.69) is 13.8 Å². The van der Waals surface area contributed by atoms with Crippen LogP contribution >= 0.6 is 0 Å². The summed E-state index contributed by atoms with van der Waals surface area (Å²) in [7, 11) is 0. The van der Waals surface area contributed by atoms with Gasteiger partial charge in [-0.15, -0.1) is 0 Å². The Bertz CT molecular complexity index is 263. The number of carbonyl (C=O) groups is 1. The van der Waals surface area contributed by atoms with Crippen LogP contribution in [-0.4, -0.2) is 12.4 Å². The number of ether oxygens (including phenoxy) is 1. The first kappa shape index (κ1) is 8.79. The highest BCUT2D eigenvalue weighted by molar-refractivity contribution is 5.99. The lowest BCUT2D eigenvalue weighted by molar-refractivity contribution is -0.122. The van der Waals surface area contributed by atoms with Crippen molar-refractivity contribution in [1.82, 2.24) is 0 Å². The van der Waals surface area contributed by atoms with E-state index >= 15 is 0 Å². The molecule has 0 unspecified atom stereocenters. The van der Waals surface area contributed by atoms with Crippen molar-refractivity contribution in [1.29, 1.82) is 0 Å². The SMILES string of the molecule is CC(C)[C@@H]1CC2=C(OCCC2)C1=O. The van der Waals surface area contributed by atoms with Crippen molar-refractivity contribution < 1.29 is 9.53 Å². The van der Waals surface area contributed by atoms with Gasteiger partial charge in [-0.3, -0.25) is 4.79 Å². The van der Waals surface area contributed by atoms with E-state index < -0.39 is 0 Å². The average Bonchev–Trinajstić information content (AvgIpc) is 2.45. The van der Waals surface area contributed by atoms with E-state index in [4.69, 9.17) is 4.74 Å². The molecule has 0 amide bonds. The van der Waals surface area contributed by atoms with Crippen molar-refractivity contribution in [3.63, 3.8) is 0 Å². The minimum Gasteiger partial charge on any atom is -0.490 e. The second-order valence-corrected chi connectivity index (χ2v) is 4.30. The molecule has 0 saturated heterocycles. The third-order valence-corrected chi connectivity index (χ3v) is 3.02. The van der Waals surface area contributed by atoms with E-state index in [1.165, 1.54) is 5.57 Å². The Balaban J connectivity index is 2.19. The minimum absolute atomic E-state index is 0.197. The molecule has 0 aromatic rings. The van der Waals surface area contributed by atoms with Crippen LogP contribution in [0.2, 0.25) is 0 Å². The summed E-state index contributed by atoms with van der Waals surface area (Å²) in [5, 5.41) is 0. The first-order chi connectivity index (χ1) is 6.20. The maximum atomic E-state index is 11.8. The van der Waals surface area contributed by atoms with Crippen LogP contribution < -0.4 is 0 Å². The van der Waals surface area contributed by atoms with Crippen molar-refractivity contribution in [3.05, 3.63) is 11.3 Å². The molecule has 0 N–H and O–H groups in total. The Morgan fingerprint density at radius 1 is 1.46 bits per heavy atom. The van der Waals surface area contributed by atoms with Crippen molar-refractivity contribution in [2.75, 3.05) is 6.61 Å². The summed E-state index contributed by atoms with van der Waals surface area (Å²) >= 11 is 0. The van der Waals surface area contributed by atoms with Gasteiger partial charge in [0.25, 0.3) is 0 Å². The molecular weight excluding hydrogens is 164 g/mol. The van der Waals surface area contributed by atoms with E-state index in [1.54, 1.807) is 0 Å². The molecule has 1 aliphatic heterocycles. The first-order valence-electron chi connectivity index (χ1n) is 5.09. The van der Waals surface area contributed by atoms with Crippen LogP contribution in [0.5, 0.6) is 0 Å². The van der Waals surface area contributed by atoms with E-state index in [0.29, 0.717) is 11.7 Å². The molecule has 0 radical (unpaired) electrons. The van der Waals surface area contributed by atoms with Gasteiger partial charge in [-0.05, 0) is 30.8 Å². The largest absolute Gasteiger partial charge is 0.490 e. The molecule has 0 spiro atoms. The van der Waals surface area contributed by atoms with Gasteiger partial charge in [0, 0.05) is 5.92 Å². The third kappa shape index (κ3) is 1.38. The molecule has 1 atom stereocenters. The summed E-state index contributed by atoms with van der Waals surface area (Å²) in [5.41, 5.74) is 1.27. The van der Waals surface area contributed by atoms with Crippen LogP contribution in [0.4, 0.5) is 0 Å². The van der Waals surface area contributed by atoms with Crippen molar-refractivity contribution in [3.8, 4) is 0 Å². The van der Waals surface area contributed by atoms with Gasteiger partial charge < -0.3 is 4.74 Å². The summed E-state index contributed by atoms with van der Waals surface area (Å²) in [6, 6.07) is 0. The minimum atomic E-state index is 0.197. The Hall–Kier alpha value is -0.790. The zero-order chi connectivity index (χ0) is 9.42. The van der Waals surface area contributed by atoms with Gasteiger partial charge in [-0.2, -0.15) is 0 Å². The summed E-state index contributed by atoms with van der Waals surface area (Å²) in [6.07, 6.45) is 3.10. The number of hydrogen-bond donors (Lipinski definition) is 0. The van der Waals surface area contributed by atoms with Gasteiger partial charge in [0.15, 0.2) is 5.76 Å². The van der Waals surface area contributed by atoms with Crippen molar-refractivity contribution >= 4 is 5.78 Å². The fourth-order valence-electron chi connectivity index (χ4n) is 2.18. The van der Waals surface area contributed by atoms with Crippen molar-refractivity contribution in [2.45, 2.75) is 33.1 Å². The summed E-state index contributed by atoms with van der Waals surface area (Å²) in [6.45, 7) is 4.96. The van der Waals surface area contributed by atoms with Gasteiger partial charge in [0.05, 0.1) is 6.61 Å². The Labute approximate surface area is 79.0 Å². The van der Waals surface area contributed by atoms with E-state index in [1.807, 2.05) is 0 Å². The van der Waals surface area contributed by atoms with Crippen LogP contribution in [-0.2, 0) is 9.53 Å². The molecule has 0 aromatic heterocycles. The molecule has 2 rings (SSSR count). The van der Waals surface area contributed by atoms with E-state index in [-0.39, 0.29) is 11.7 Å². The zero-order valence-electron chi connectivity index (χ0n) is 8.30.